The van der Waals surface area contributed by atoms with Crippen LogP contribution in [-0.2, 0) is 20.9 Å². The van der Waals surface area contributed by atoms with Crippen LogP contribution in [0.2, 0.25) is 0 Å². The van der Waals surface area contributed by atoms with Gasteiger partial charge < -0.3 is 19.3 Å². The van der Waals surface area contributed by atoms with Gasteiger partial charge in [-0.3, -0.25) is 14.5 Å². The van der Waals surface area contributed by atoms with Gasteiger partial charge in [-0.2, -0.15) is 0 Å². The number of aromatic carboxylic acids is 1. The second kappa shape index (κ2) is 10.9. The van der Waals surface area contributed by atoms with Gasteiger partial charge in [-0.05, 0) is 82.7 Å². The first-order valence-corrected chi connectivity index (χ1v) is 11.7. The number of carbonyl (C=O) groups excluding carboxylic acids is 3. The molecule has 1 N–H and O–H groups in total. The van der Waals surface area contributed by atoms with Crippen molar-refractivity contribution in [3.05, 3.63) is 61.6 Å². The lowest BCUT2D eigenvalue weighted by atomic mass is 10.1. The topological polar surface area (TPSA) is 119 Å². The van der Waals surface area contributed by atoms with Gasteiger partial charge in [-0.1, -0.05) is 12.1 Å². The first-order valence-electron chi connectivity index (χ1n) is 9.83. The van der Waals surface area contributed by atoms with Gasteiger partial charge in [0.1, 0.15) is 12.6 Å². The first kappa shape index (κ1) is 25.6. The maximum absolute atomic E-state index is 12.7. The lowest BCUT2D eigenvalue weighted by Crippen LogP contribution is -2.42. The van der Waals surface area contributed by atoms with Gasteiger partial charge in [-0.25, -0.2) is 9.59 Å². The molecule has 1 fully saturated rings. The van der Waals surface area contributed by atoms with Crippen LogP contribution < -0.4 is 9.47 Å². The summed E-state index contributed by atoms with van der Waals surface area (Å²) in [6.45, 7) is 1.62. The van der Waals surface area contributed by atoms with Gasteiger partial charge >= 0.3 is 11.9 Å². The van der Waals surface area contributed by atoms with Crippen molar-refractivity contribution < 1.29 is 38.5 Å². The summed E-state index contributed by atoms with van der Waals surface area (Å²) in [6, 6.07) is 8.75. The Morgan fingerprint density at radius 1 is 1.18 bits per heavy atom. The third kappa shape index (κ3) is 5.53. The minimum atomic E-state index is -1.03. The number of ether oxygens (including phenoxy) is 3. The van der Waals surface area contributed by atoms with E-state index in [1.807, 2.05) is 0 Å². The number of carboxylic acid groups (broad SMARTS) is 1. The summed E-state index contributed by atoms with van der Waals surface area (Å²) in [4.78, 5) is 48.8. The molecule has 1 heterocycles. The summed E-state index contributed by atoms with van der Waals surface area (Å²) in [5.41, 5.74) is 1.57. The van der Waals surface area contributed by atoms with Crippen LogP contribution in [0.1, 0.15) is 28.4 Å². The number of carbonyl (C=O) groups is 4. The lowest BCUT2D eigenvalue weighted by molar-refractivity contribution is -0.148. The minimum absolute atomic E-state index is 0.172. The highest BCUT2D eigenvalue weighted by molar-refractivity contribution is 14.1. The summed E-state index contributed by atoms with van der Waals surface area (Å²) >= 11 is 2.82. The number of esters is 1. The molecule has 3 rings (SSSR count). The molecule has 9 nitrogen and oxygen atoms in total. The van der Waals surface area contributed by atoms with Crippen molar-refractivity contribution in [2.45, 2.75) is 19.6 Å². The molecule has 1 aliphatic heterocycles. The molecule has 2 amide bonds. The number of nitrogens with zero attached hydrogens (tertiary/aromatic N) is 1. The average Bonchev–Trinajstić information content (AvgIpc) is 3.09. The van der Waals surface area contributed by atoms with E-state index in [1.165, 1.54) is 33.3 Å². The summed E-state index contributed by atoms with van der Waals surface area (Å²) < 4.78 is 16.7. The number of carboxylic acids is 1. The van der Waals surface area contributed by atoms with E-state index in [1.54, 1.807) is 30.3 Å². The van der Waals surface area contributed by atoms with Crippen LogP contribution in [0, 0.1) is 3.57 Å². The number of halogens is 1. The molecule has 1 aliphatic rings. The van der Waals surface area contributed by atoms with E-state index in [-0.39, 0.29) is 17.1 Å². The predicted molar refractivity (Wildman–Crippen MR) is 133 cm³/mol. The summed E-state index contributed by atoms with van der Waals surface area (Å²) in [5.74, 6) is -1.36. The van der Waals surface area contributed by atoms with Crippen molar-refractivity contribution in [1.82, 2.24) is 4.90 Å². The molecule has 34 heavy (non-hydrogen) atoms. The SMILES string of the molecule is COC(=O)[C@H](C)N1C(=O)S/C(=C/c2cc(I)c(OCc3ccc(C(=O)O)cc3)c(OC)c2)C1=O. The maximum Gasteiger partial charge on any atom is 0.335 e. The van der Waals surface area contributed by atoms with Crippen molar-refractivity contribution >= 4 is 63.5 Å². The van der Waals surface area contributed by atoms with Crippen LogP contribution in [-0.4, -0.2) is 53.4 Å². The van der Waals surface area contributed by atoms with Crippen LogP contribution in [0.4, 0.5) is 4.79 Å². The van der Waals surface area contributed by atoms with E-state index in [4.69, 9.17) is 14.6 Å². The number of imide groups is 1. The van der Waals surface area contributed by atoms with E-state index in [0.717, 1.165) is 22.2 Å². The minimum Gasteiger partial charge on any atom is -0.493 e. The van der Waals surface area contributed by atoms with E-state index >= 15 is 0 Å². The Bertz CT molecular complexity index is 1180. The Labute approximate surface area is 213 Å². The zero-order valence-electron chi connectivity index (χ0n) is 18.4. The second-order valence-corrected chi connectivity index (χ2v) is 9.23. The molecule has 0 unspecified atom stereocenters. The lowest BCUT2D eigenvalue weighted by Gasteiger charge is -2.18. The molecule has 0 bridgehead atoms. The number of hydrogen-bond acceptors (Lipinski definition) is 8. The molecule has 1 atom stereocenters. The van der Waals surface area contributed by atoms with Gasteiger partial charge in [0.05, 0.1) is 28.3 Å². The zero-order valence-corrected chi connectivity index (χ0v) is 21.3. The van der Waals surface area contributed by atoms with Crippen LogP contribution in [0.15, 0.2) is 41.3 Å². The second-order valence-electron chi connectivity index (χ2n) is 7.08. The highest BCUT2D eigenvalue weighted by atomic mass is 127. The number of thioether (sulfide) groups is 1. The molecule has 2 aromatic carbocycles. The fraction of sp³-hybridized carbons (Fsp3) is 0.217. The van der Waals surface area contributed by atoms with E-state index in [0.29, 0.717) is 20.6 Å². The Morgan fingerprint density at radius 3 is 2.44 bits per heavy atom. The third-order valence-electron chi connectivity index (χ3n) is 4.89. The molecule has 0 spiro atoms. The Kier molecular flexibility index (Phi) is 8.20. The summed E-state index contributed by atoms with van der Waals surface area (Å²) in [6.07, 6.45) is 1.55. The summed E-state index contributed by atoms with van der Waals surface area (Å²) in [5, 5.41) is 8.46. The van der Waals surface area contributed by atoms with E-state index in [9.17, 15) is 19.2 Å². The molecule has 2 aromatic rings. The Hall–Kier alpha value is -3.06. The highest BCUT2D eigenvalue weighted by Gasteiger charge is 2.41. The number of methoxy groups -OCH3 is 2. The number of rotatable bonds is 8. The molecular formula is C23H20INO8S. The fourth-order valence-electron chi connectivity index (χ4n) is 3.10. The summed E-state index contributed by atoms with van der Waals surface area (Å²) in [7, 11) is 2.67. The highest BCUT2D eigenvalue weighted by Crippen LogP contribution is 2.38. The maximum atomic E-state index is 12.7. The molecule has 0 saturated carbocycles. The molecule has 0 aromatic heterocycles. The van der Waals surface area contributed by atoms with E-state index in [2.05, 4.69) is 27.3 Å². The van der Waals surface area contributed by atoms with Crippen molar-refractivity contribution in [2.75, 3.05) is 14.2 Å². The monoisotopic (exact) mass is 597 g/mol. The van der Waals surface area contributed by atoms with Gasteiger partial charge in [-0.15, -0.1) is 0 Å². The van der Waals surface area contributed by atoms with Crippen molar-refractivity contribution in [1.29, 1.82) is 0 Å². The largest absolute Gasteiger partial charge is 0.493 e. The smallest absolute Gasteiger partial charge is 0.335 e. The molecular weight excluding hydrogens is 577 g/mol. The van der Waals surface area contributed by atoms with Gasteiger partial charge in [0.15, 0.2) is 11.5 Å². The van der Waals surface area contributed by atoms with Crippen LogP contribution in [0.25, 0.3) is 6.08 Å². The zero-order chi connectivity index (χ0) is 25.0. The Morgan fingerprint density at radius 2 is 1.85 bits per heavy atom. The Balaban J connectivity index is 1.81. The van der Waals surface area contributed by atoms with Crippen molar-refractivity contribution in [3.8, 4) is 11.5 Å². The first-order chi connectivity index (χ1) is 16.2. The average molecular weight is 597 g/mol. The number of amides is 2. The molecule has 178 valence electrons. The van der Waals surface area contributed by atoms with E-state index < -0.39 is 29.1 Å². The van der Waals surface area contributed by atoms with Gasteiger partial charge in [0.2, 0.25) is 0 Å². The standard InChI is InChI=1S/C23H20INO8S/c1-12(22(29)32-3)25-20(26)18(34-23(25)30)10-14-8-16(24)19(17(9-14)31-2)33-11-13-4-6-15(7-5-13)21(27)28/h4-10,12H,11H2,1-3H3,(H,27,28)/b18-10+/t12-/m0/s1. The fourth-order valence-corrected chi connectivity index (χ4v) is 4.79. The quantitative estimate of drug-likeness (QED) is 0.272. The molecule has 11 heteroatoms. The van der Waals surface area contributed by atoms with Crippen molar-refractivity contribution in [3.63, 3.8) is 0 Å². The number of benzene rings is 2. The molecule has 0 aliphatic carbocycles. The predicted octanol–water partition coefficient (Wildman–Crippen LogP) is 4.17. The third-order valence-corrected chi connectivity index (χ3v) is 6.57. The molecule has 0 radical (unpaired) electrons. The van der Waals surface area contributed by atoms with Crippen molar-refractivity contribution in [2.24, 2.45) is 0 Å². The van der Waals surface area contributed by atoms with Crippen LogP contribution >= 0.6 is 34.4 Å². The molecule has 1 saturated heterocycles. The van der Waals surface area contributed by atoms with Crippen LogP contribution in [0.5, 0.6) is 11.5 Å². The number of hydrogen-bond donors (Lipinski definition) is 1. The normalized spacial score (nSPS) is 15.4. The van der Waals surface area contributed by atoms with Gasteiger partial charge in [0, 0.05) is 0 Å². The van der Waals surface area contributed by atoms with Crippen LogP contribution in [0.3, 0.4) is 0 Å². The van der Waals surface area contributed by atoms with Gasteiger partial charge in [0.25, 0.3) is 11.1 Å².